The average Bonchev–Trinajstić information content (AvgIpc) is 2.56. The Hall–Kier alpha value is -0.890. The topological polar surface area (TPSA) is 39.7 Å². The van der Waals surface area contributed by atoms with E-state index in [2.05, 4.69) is 27.4 Å². The second-order valence-corrected chi connectivity index (χ2v) is 6.11. The fourth-order valence-corrected chi connectivity index (χ4v) is 2.83. The van der Waals surface area contributed by atoms with E-state index in [1.54, 1.807) is 13.0 Å². The van der Waals surface area contributed by atoms with Crippen molar-refractivity contribution in [3.63, 3.8) is 0 Å². The molecule has 6 heteroatoms. The van der Waals surface area contributed by atoms with Crippen LogP contribution in [-0.2, 0) is 6.54 Å². The predicted octanol–water partition coefficient (Wildman–Crippen LogP) is 3.29. The molecule has 1 heterocycles. The number of guanidine groups is 1. The number of benzene rings is 1. The lowest BCUT2D eigenvalue weighted by Gasteiger charge is -2.26. The number of hydrogen-bond acceptors (Lipinski definition) is 2. The lowest BCUT2D eigenvalue weighted by atomic mass is 10.1. The molecule has 2 N–H and O–H groups in total. The van der Waals surface area contributed by atoms with Crippen molar-refractivity contribution in [1.29, 1.82) is 0 Å². The lowest BCUT2D eigenvalue weighted by Crippen LogP contribution is -2.42. The molecule has 0 spiro atoms. The second-order valence-electron chi connectivity index (χ2n) is 6.11. The lowest BCUT2D eigenvalue weighted by molar-refractivity contribution is 0.232. The monoisotopic (exact) mass is 448 g/mol. The number of aliphatic imine (C=N–C) groups is 1. The normalized spacial score (nSPS) is 15.7. The van der Waals surface area contributed by atoms with Gasteiger partial charge in [0.1, 0.15) is 5.82 Å². The molecule has 1 saturated heterocycles. The summed E-state index contributed by atoms with van der Waals surface area (Å²) in [5.41, 5.74) is 1.69. The minimum atomic E-state index is -0.163. The Morgan fingerprint density at radius 3 is 2.62 bits per heavy atom. The summed E-state index contributed by atoms with van der Waals surface area (Å²) in [6.45, 7) is 9.61. The minimum absolute atomic E-state index is 0. The summed E-state index contributed by atoms with van der Waals surface area (Å²) in [7, 11) is 0. The van der Waals surface area contributed by atoms with Crippen molar-refractivity contribution in [3.05, 3.63) is 35.1 Å². The molecule has 4 nitrogen and oxygen atoms in total. The standard InChI is InChI=1S/C18H29FN4.HI/c1-3-20-18(21-9-12-23-10-5-4-6-11-23)22-14-16-7-8-17(19)15(2)13-16;/h7-8,13H,3-6,9-12,14H2,1-2H3,(H2,20,21,22);1H. The van der Waals surface area contributed by atoms with Gasteiger partial charge in [0.25, 0.3) is 0 Å². The van der Waals surface area contributed by atoms with Gasteiger partial charge in [0.2, 0.25) is 0 Å². The summed E-state index contributed by atoms with van der Waals surface area (Å²) in [6, 6.07) is 5.16. The van der Waals surface area contributed by atoms with Gasteiger partial charge >= 0.3 is 0 Å². The molecule has 0 aromatic heterocycles. The Labute approximate surface area is 162 Å². The Bertz CT molecular complexity index is 516. The Kier molecular flexibility index (Phi) is 10.2. The molecule has 1 aromatic rings. The molecule has 0 atom stereocenters. The van der Waals surface area contributed by atoms with E-state index in [0.29, 0.717) is 12.1 Å². The largest absolute Gasteiger partial charge is 0.357 e. The number of nitrogens with zero attached hydrogens (tertiary/aromatic N) is 2. The van der Waals surface area contributed by atoms with Crippen molar-refractivity contribution in [2.75, 3.05) is 32.7 Å². The zero-order valence-corrected chi connectivity index (χ0v) is 17.1. The van der Waals surface area contributed by atoms with Crippen LogP contribution in [0.2, 0.25) is 0 Å². The third-order valence-corrected chi connectivity index (χ3v) is 4.16. The van der Waals surface area contributed by atoms with Crippen LogP contribution >= 0.6 is 24.0 Å². The van der Waals surface area contributed by atoms with E-state index in [0.717, 1.165) is 31.2 Å². The summed E-state index contributed by atoms with van der Waals surface area (Å²) in [5.74, 6) is 0.663. The number of rotatable bonds is 6. The highest BCUT2D eigenvalue weighted by Crippen LogP contribution is 2.10. The summed E-state index contributed by atoms with van der Waals surface area (Å²) in [5, 5.41) is 6.65. The molecular formula is C18H30FIN4. The number of hydrogen-bond donors (Lipinski definition) is 2. The third kappa shape index (κ3) is 7.34. The van der Waals surface area contributed by atoms with E-state index >= 15 is 0 Å². The number of nitrogens with one attached hydrogen (secondary N) is 2. The molecule has 1 aliphatic heterocycles. The highest BCUT2D eigenvalue weighted by molar-refractivity contribution is 14.0. The van der Waals surface area contributed by atoms with Crippen LogP contribution in [-0.4, -0.2) is 43.6 Å². The molecule has 1 fully saturated rings. The minimum Gasteiger partial charge on any atom is -0.357 e. The van der Waals surface area contributed by atoms with Crippen molar-refractivity contribution in [3.8, 4) is 0 Å². The van der Waals surface area contributed by atoms with Gasteiger partial charge in [0.15, 0.2) is 5.96 Å². The maximum absolute atomic E-state index is 13.3. The van der Waals surface area contributed by atoms with Crippen molar-refractivity contribution >= 4 is 29.9 Å². The van der Waals surface area contributed by atoms with E-state index in [-0.39, 0.29) is 29.8 Å². The summed E-state index contributed by atoms with van der Waals surface area (Å²) >= 11 is 0. The zero-order chi connectivity index (χ0) is 16.5. The van der Waals surface area contributed by atoms with E-state index in [4.69, 9.17) is 0 Å². The van der Waals surface area contributed by atoms with E-state index in [1.165, 1.54) is 38.4 Å². The zero-order valence-electron chi connectivity index (χ0n) is 14.8. The van der Waals surface area contributed by atoms with Crippen LogP contribution in [0.5, 0.6) is 0 Å². The quantitative estimate of drug-likeness (QED) is 0.399. The number of aryl methyl sites for hydroxylation is 1. The average molecular weight is 448 g/mol. The smallest absolute Gasteiger partial charge is 0.191 e. The first kappa shape index (κ1) is 21.2. The number of halogens is 2. The summed E-state index contributed by atoms with van der Waals surface area (Å²) in [6.07, 6.45) is 4.00. The Morgan fingerprint density at radius 1 is 1.21 bits per heavy atom. The molecule has 0 amide bonds. The molecule has 0 saturated carbocycles. The van der Waals surface area contributed by atoms with Crippen molar-refractivity contribution in [2.24, 2.45) is 4.99 Å². The van der Waals surface area contributed by atoms with Gasteiger partial charge in [-0.2, -0.15) is 0 Å². The Morgan fingerprint density at radius 2 is 1.96 bits per heavy atom. The van der Waals surface area contributed by atoms with Gasteiger partial charge in [-0.15, -0.1) is 24.0 Å². The van der Waals surface area contributed by atoms with Crippen LogP contribution in [0.25, 0.3) is 0 Å². The number of likely N-dealkylation sites (tertiary alicyclic amines) is 1. The van der Waals surface area contributed by atoms with Crippen LogP contribution in [0.3, 0.4) is 0 Å². The van der Waals surface area contributed by atoms with Gasteiger partial charge in [-0.05, 0) is 57.0 Å². The second kappa shape index (κ2) is 11.6. The first-order valence-electron chi connectivity index (χ1n) is 8.68. The van der Waals surface area contributed by atoms with Crippen LogP contribution in [0, 0.1) is 12.7 Å². The molecule has 1 aromatic carbocycles. The molecule has 0 bridgehead atoms. The van der Waals surface area contributed by atoms with Crippen molar-refractivity contribution in [1.82, 2.24) is 15.5 Å². The SMILES string of the molecule is CCNC(=NCc1ccc(F)c(C)c1)NCCN1CCCCC1.I. The predicted molar refractivity (Wildman–Crippen MR) is 110 cm³/mol. The van der Waals surface area contributed by atoms with Gasteiger partial charge in [0.05, 0.1) is 6.54 Å². The van der Waals surface area contributed by atoms with Gasteiger partial charge in [-0.25, -0.2) is 9.38 Å². The Balaban J connectivity index is 0.00000288. The highest BCUT2D eigenvalue weighted by Gasteiger charge is 2.09. The first-order chi connectivity index (χ1) is 11.2. The molecule has 0 aliphatic carbocycles. The highest BCUT2D eigenvalue weighted by atomic mass is 127. The van der Waals surface area contributed by atoms with Gasteiger partial charge < -0.3 is 15.5 Å². The fraction of sp³-hybridized carbons (Fsp3) is 0.611. The molecule has 0 radical (unpaired) electrons. The van der Waals surface area contributed by atoms with E-state index in [1.807, 2.05) is 6.07 Å². The van der Waals surface area contributed by atoms with Crippen LogP contribution in [0.15, 0.2) is 23.2 Å². The number of piperidine rings is 1. The van der Waals surface area contributed by atoms with Crippen LogP contribution < -0.4 is 10.6 Å². The molecule has 24 heavy (non-hydrogen) atoms. The molecule has 2 rings (SSSR count). The van der Waals surface area contributed by atoms with Crippen LogP contribution in [0.1, 0.15) is 37.3 Å². The van der Waals surface area contributed by atoms with Gasteiger partial charge in [-0.1, -0.05) is 18.6 Å². The fourth-order valence-electron chi connectivity index (χ4n) is 2.83. The van der Waals surface area contributed by atoms with E-state index < -0.39 is 0 Å². The van der Waals surface area contributed by atoms with Crippen molar-refractivity contribution in [2.45, 2.75) is 39.7 Å². The first-order valence-corrected chi connectivity index (χ1v) is 8.68. The molecule has 136 valence electrons. The third-order valence-electron chi connectivity index (χ3n) is 4.16. The maximum atomic E-state index is 13.3. The summed E-state index contributed by atoms with van der Waals surface area (Å²) in [4.78, 5) is 7.09. The summed E-state index contributed by atoms with van der Waals surface area (Å²) < 4.78 is 13.3. The van der Waals surface area contributed by atoms with Gasteiger partial charge in [-0.3, -0.25) is 0 Å². The maximum Gasteiger partial charge on any atom is 0.191 e. The van der Waals surface area contributed by atoms with E-state index in [9.17, 15) is 4.39 Å². The molecule has 0 unspecified atom stereocenters. The van der Waals surface area contributed by atoms with Crippen molar-refractivity contribution < 1.29 is 4.39 Å². The molecular weight excluding hydrogens is 418 g/mol. The molecule has 1 aliphatic rings. The van der Waals surface area contributed by atoms with Gasteiger partial charge in [0, 0.05) is 19.6 Å². The van der Waals surface area contributed by atoms with Crippen LogP contribution in [0.4, 0.5) is 4.39 Å².